The van der Waals surface area contributed by atoms with Crippen LogP contribution < -0.4 is 5.32 Å². The maximum absolute atomic E-state index is 6.08. The Morgan fingerprint density at radius 1 is 1.14 bits per heavy atom. The number of aryl methyl sites for hydroxylation is 1. The Kier molecular flexibility index (Phi) is 5.46. The molecule has 0 fully saturated rings. The minimum Gasteiger partial charge on any atom is -0.459 e. The first kappa shape index (κ1) is 16.1. The van der Waals surface area contributed by atoms with Crippen molar-refractivity contribution in [1.82, 2.24) is 5.32 Å². The van der Waals surface area contributed by atoms with E-state index in [-0.39, 0.29) is 0 Å². The number of nitrogens with one attached hydrogen (secondary N) is 1. The van der Waals surface area contributed by atoms with Gasteiger partial charge in [0.05, 0.1) is 6.54 Å². The number of furan rings is 1. The summed E-state index contributed by atoms with van der Waals surface area (Å²) in [5.41, 5.74) is 3.81. The minimum absolute atomic E-state index is 0.608. The summed E-state index contributed by atoms with van der Waals surface area (Å²) < 4.78 is 6.08. The SMILES string of the molecule is CCc1c(CNCC(C)C)oc2ccc(C(C)CC)cc12. The first-order valence-corrected chi connectivity index (χ1v) is 8.31. The van der Waals surface area contributed by atoms with Crippen LogP contribution in [0.25, 0.3) is 11.0 Å². The summed E-state index contributed by atoms with van der Waals surface area (Å²) in [6.07, 6.45) is 2.20. The molecule has 1 unspecified atom stereocenters. The van der Waals surface area contributed by atoms with Crippen molar-refractivity contribution in [1.29, 1.82) is 0 Å². The van der Waals surface area contributed by atoms with E-state index in [1.54, 1.807) is 0 Å². The molecule has 2 heteroatoms. The molecule has 2 aromatic rings. The molecule has 1 atom stereocenters. The number of hydrogen-bond donors (Lipinski definition) is 1. The van der Waals surface area contributed by atoms with Crippen LogP contribution in [0.3, 0.4) is 0 Å². The highest BCUT2D eigenvalue weighted by Gasteiger charge is 2.14. The zero-order chi connectivity index (χ0) is 15.4. The lowest BCUT2D eigenvalue weighted by atomic mass is 9.96. The molecule has 1 N–H and O–H groups in total. The van der Waals surface area contributed by atoms with E-state index in [4.69, 9.17) is 4.42 Å². The van der Waals surface area contributed by atoms with Gasteiger partial charge in [-0.2, -0.15) is 0 Å². The molecule has 2 rings (SSSR count). The molecule has 1 aromatic carbocycles. The first-order valence-electron chi connectivity index (χ1n) is 8.31. The maximum atomic E-state index is 6.08. The Labute approximate surface area is 128 Å². The molecule has 116 valence electrons. The van der Waals surface area contributed by atoms with E-state index in [1.807, 2.05) is 0 Å². The number of hydrogen-bond acceptors (Lipinski definition) is 2. The Bertz CT molecular complexity index is 583. The highest BCUT2D eigenvalue weighted by Crippen LogP contribution is 2.30. The van der Waals surface area contributed by atoms with Gasteiger partial charge in [-0.05, 0) is 48.9 Å². The van der Waals surface area contributed by atoms with Gasteiger partial charge < -0.3 is 9.73 Å². The predicted molar refractivity (Wildman–Crippen MR) is 90.8 cm³/mol. The monoisotopic (exact) mass is 287 g/mol. The van der Waals surface area contributed by atoms with Gasteiger partial charge in [0.1, 0.15) is 11.3 Å². The third-order valence-electron chi connectivity index (χ3n) is 4.27. The average molecular weight is 287 g/mol. The molecule has 0 spiro atoms. The zero-order valence-electron chi connectivity index (χ0n) is 14.1. The largest absolute Gasteiger partial charge is 0.459 e. The number of benzene rings is 1. The molecule has 0 bridgehead atoms. The lowest BCUT2D eigenvalue weighted by Gasteiger charge is -2.08. The van der Waals surface area contributed by atoms with E-state index < -0.39 is 0 Å². The van der Waals surface area contributed by atoms with Crippen molar-refractivity contribution < 1.29 is 4.42 Å². The zero-order valence-corrected chi connectivity index (χ0v) is 14.1. The van der Waals surface area contributed by atoms with Gasteiger partial charge in [0, 0.05) is 10.9 Å². The van der Waals surface area contributed by atoms with Crippen molar-refractivity contribution in [3.05, 3.63) is 35.1 Å². The van der Waals surface area contributed by atoms with Gasteiger partial charge in [-0.3, -0.25) is 0 Å². The molecular weight excluding hydrogens is 258 g/mol. The minimum atomic E-state index is 0.608. The van der Waals surface area contributed by atoms with Crippen molar-refractivity contribution in [2.75, 3.05) is 6.54 Å². The number of fused-ring (bicyclic) bond motifs is 1. The van der Waals surface area contributed by atoms with Gasteiger partial charge >= 0.3 is 0 Å². The van der Waals surface area contributed by atoms with Crippen LogP contribution in [-0.2, 0) is 13.0 Å². The fourth-order valence-electron chi connectivity index (χ4n) is 2.76. The summed E-state index contributed by atoms with van der Waals surface area (Å²) >= 11 is 0. The Morgan fingerprint density at radius 3 is 2.52 bits per heavy atom. The summed E-state index contributed by atoms with van der Waals surface area (Å²) in [7, 11) is 0. The van der Waals surface area contributed by atoms with Crippen molar-refractivity contribution in [2.45, 2.75) is 59.9 Å². The average Bonchev–Trinajstić information content (AvgIpc) is 2.82. The van der Waals surface area contributed by atoms with Crippen LogP contribution in [0.5, 0.6) is 0 Å². The van der Waals surface area contributed by atoms with E-state index in [1.165, 1.54) is 22.9 Å². The van der Waals surface area contributed by atoms with Crippen molar-refractivity contribution in [3.63, 3.8) is 0 Å². The highest BCUT2D eigenvalue weighted by atomic mass is 16.3. The van der Waals surface area contributed by atoms with Crippen LogP contribution in [0.2, 0.25) is 0 Å². The van der Waals surface area contributed by atoms with E-state index in [9.17, 15) is 0 Å². The molecule has 0 saturated carbocycles. The van der Waals surface area contributed by atoms with Gasteiger partial charge in [0.15, 0.2) is 0 Å². The van der Waals surface area contributed by atoms with E-state index in [0.717, 1.165) is 30.9 Å². The Balaban J connectivity index is 2.30. The van der Waals surface area contributed by atoms with Crippen molar-refractivity contribution >= 4 is 11.0 Å². The molecule has 21 heavy (non-hydrogen) atoms. The maximum Gasteiger partial charge on any atom is 0.134 e. The van der Waals surface area contributed by atoms with Crippen LogP contribution in [0.15, 0.2) is 22.6 Å². The highest BCUT2D eigenvalue weighted by molar-refractivity contribution is 5.83. The third kappa shape index (κ3) is 3.68. The molecule has 1 heterocycles. The first-order chi connectivity index (χ1) is 10.1. The van der Waals surface area contributed by atoms with Crippen molar-refractivity contribution in [3.8, 4) is 0 Å². The van der Waals surface area contributed by atoms with Gasteiger partial charge in [-0.1, -0.05) is 40.7 Å². The second-order valence-corrected chi connectivity index (χ2v) is 6.45. The van der Waals surface area contributed by atoms with Crippen LogP contribution in [0, 0.1) is 5.92 Å². The van der Waals surface area contributed by atoms with E-state index in [2.05, 4.69) is 58.1 Å². The Morgan fingerprint density at radius 2 is 1.90 bits per heavy atom. The quantitative estimate of drug-likeness (QED) is 0.752. The summed E-state index contributed by atoms with van der Waals surface area (Å²) in [6, 6.07) is 6.68. The molecule has 2 nitrogen and oxygen atoms in total. The molecule has 0 amide bonds. The van der Waals surface area contributed by atoms with Gasteiger partial charge in [-0.15, -0.1) is 0 Å². The molecule has 0 saturated heterocycles. The fraction of sp³-hybridized carbons (Fsp3) is 0.579. The molecule has 0 aliphatic rings. The van der Waals surface area contributed by atoms with E-state index >= 15 is 0 Å². The lowest BCUT2D eigenvalue weighted by Crippen LogP contribution is -2.19. The Hall–Kier alpha value is -1.28. The summed E-state index contributed by atoms with van der Waals surface area (Å²) in [5, 5.41) is 4.79. The van der Waals surface area contributed by atoms with Crippen LogP contribution in [0.1, 0.15) is 63.8 Å². The third-order valence-corrected chi connectivity index (χ3v) is 4.27. The van der Waals surface area contributed by atoms with Gasteiger partial charge in [0.2, 0.25) is 0 Å². The smallest absolute Gasteiger partial charge is 0.134 e. The van der Waals surface area contributed by atoms with Crippen molar-refractivity contribution in [2.24, 2.45) is 5.92 Å². The molecular formula is C19H29NO. The molecule has 1 aromatic heterocycles. The van der Waals surface area contributed by atoms with Gasteiger partial charge in [-0.25, -0.2) is 0 Å². The number of rotatable bonds is 7. The van der Waals surface area contributed by atoms with E-state index in [0.29, 0.717) is 11.8 Å². The van der Waals surface area contributed by atoms with Gasteiger partial charge in [0.25, 0.3) is 0 Å². The normalized spacial score (nSPS) is 13.2. The molecule has 0 radical (unpaired) electrons. The molecule has 0 aliphatic carbocycles. The summed E-state index contributed by atoms with van der Waals surface area (Å²) in [4.78, 5) is 0. The second kappa shape index (κ2) is 7.13. The second-order valence-electron chi connectivity index (χ2n) is 6.45. The lowest BCUT2D eigenvalue weighted by molar-refractivity contribution is 0.481. The van der Waals surface area contributed by atoms with Crippen LogP contribution in [0.4, 0.5) is 0 Å². The fourth-order valence-corrected chi connectivity index (χ4v) is 2.76. The summed E-state index contributed by atoms with van der Waals surface area (Å²) in [5.74, 6) is 2.38. The summed E-state index contributed by atoms with van der Waals surface area (Å²) in [6.45, 7) is 13.1. The van der Waals surface area contributed by atoms with Crippen LogP contribution >= 0.6 is 0 Å². The topological polar surface area (TPSA) is 25.2 Å². The predicted octanol–water partition coefficient (Wildman–Crippen LogP) is 5.25. The molecule has 0 aliphatic heterocycles. The van der Waals surface area contributed by atoms with Crippen LogP contribution in [-0.4, -0.2) is 6.54 Å². The standard InChI is InChI=1S/C19H29NO/c1-6-14(5)15-8-9-18-17(10-15)16(7-2)19(21-18)12-20-11-13(3)4/h8-10,13-14,20H,6-7,11-12H2,1-5H3.